The maximum absolute atomic E-state index is 5.94. The summed E-state index contributed by atoms with van der Waals surface area (Å²) in [6.45, 7) is 3.19. The largest absolute Gasteiger partial charge is 0.380 e. The fraction of sp³-hybridized carbons (Fsp3) is 0.600. The number of rotatable bonds is 2. The Morgan fingerprint density at radius 2 is 2.25 bits per heavy atom. The summed E-state index contributed by atoms with van der Waals surface area (Å²) in [5.74, 6) is 0. The lowest BCUT2D eigenvalue weighted by atomic mass is 10.0. The summed E-state index contributed by atoms with van der Waals surface area (Å²) in [6, 6.07) is 2.65. The van der Waals surface area contributed by atoms with Gasteiger partial charge in [-0.15, -0.1) is 10.2 Å². The van der Waals surface area contributed by atoms with Crippen LogP contribution in [0.4, 0.5) is 5.69 Å². The van der Waals surface area contributed by atoms with E-state index in [1.165, 1.54) is 0 Å². The molecule has 2 unspecified atom stereocenters. The summed E-state index contributed by atoms with van der Waals surface area (Å²) in [5, 5.41) is 14.9. The Hall–Kier alpha value is -0.580. The van der Waals surface area contributed by atoms with E-state index in [2.05, 4.69) is 27.8 Å². The number of piperidine rings is 1. The smallest absolute Gasteiger partial charge is 0.174 e. The van der Waals surface area contributed by atoms with Crippen LogP contribution in [0.15, 0.2) is 6.07 Å². The zero-order valence-electron chi connectivity index (χ0n) is 9.00. The molecule has 2 atom stereocenters. The van der Waals surface area contributed by atoms with E-state index in [-0.39, 0.29) is 0 Å². The molecule has 0 bridgehead atoms. The van der Waals surface area contributed by atoms with E-state index in [0.29, 0.717) is 22.4 Å². The monoisotopic (exact) mass is 260 g/mol. The van der Waals surface area contributed by atoms with Gasteiger partial charge in [0.25, 0.3) is 0 Å². The number of hydrogen-bond donors (Lipinski definition) is 2. The molecule has 88 valence electrons. The van der Waals surface area contributed by atoms with Crippen molar-refractivity contribution in [2.45, 2.75) is 31.8 Å². The van der Waals surface area contributed by atoms with Gasteiger partial charge in [-0.3, -0.25) is 0 Å². The minimum Gasteiger partial charge on any atom is -0.380 e. The molecule has 0 aromatic carbocycles. The molecule has 0 saturated carbocycles. The number of nitrogens with zero attached hydrogens (tertiary/aromatic N) is 2. The average molecular weight is 261 g/mol. The van der Waals surface area contributed by atoms with Gasteiger partial charge in [-0.05, 0) is 26.3 Å². The first kappa shape index (κ1) is 11.9. The SMILES string of the molecule is CC1CC(Nc2cc(Cl)nnc2Cl)CCN1. The molecule has 0 radical (unpaired) electrons. The highest BCUT2D eigenvalue weighted by atomic mass is 35.5. The van der Waals surface area contributed by atoms with Crippen LogP contribution in [0.1, 0.15) is 19.8 Å². The summed E-state index contributed by atoms with van der Waals surface area (Å²) in [6.07, 6.45) is 2.14. The predicted molar refractivity (Wildman–Crippen MR) is 66.2 cm³/mol. The number of anilines is 1. The van der Waals surface area contributed by atoms with Gasteiger partial charge in [-0.1, -0.05) is 23.2 Å². The summed E-state index contributed by atoms with van der Waals surface area (Å²) < 4.78 is 0. The van der Waals surface area contributed by atoms with Gasteiger partial charge in [-0.25, -0.2) is 0 Å². The van der Waals surface area contributed by atoms with Crippen LogP contribution < -0.4 is 10.6 Å². The molecule has 0 amide bonds. The van der Waals surface area contributed by atoms with E-state index in [9.17, 15) is 0 Å². The third kappa shape index (κ3) is 2.97. The Morgan fingerprint density at radius 1 is 1.44 bits per heavy atom. The molecule has 1 saturated heterocycles. The van der Waals surface area contributed by atoms with Gasteiger partial charge in [0.1, 0.15) is 0 Å². The normalized spacial score (nSPS) is 25.4. The Kier molecular flexibility index (Phi) is 3.84. The van der Waals surface area contributed by atoms with E-state index in [1.54, 1.807) is 6.07 Å². The number of halogens is 2. The molecule has 2 rings (SSSR count). The quantitative estimate of drug-likeness (QED) is 0.857. The van der Waals surface area contributed by atoms with Crippen molar-refractivity contribution in [3.05, 3.63) is 16.4 Å². The molecule has 2 heterocycles. The molecular formula is C10H14Cl2N4. The average Bonchev–Trinajstić information content (AvgIpc) is 2.24. The van der Waals surface area contributed by atoms with Crippen LogP contribution >= 0.6 is 23.2 Å². The minimum atomic E-state index is 0.355. The van der Waals surface area contributed by atoms with Gasteiger partial charge in [0, 0.05) is 18.2 Å². The lowest BCUT2D eigenvalue weighted by Gasteiger charge is -2.29. The Balaban J connectivity index is 2.05. The third-order valence-corrected chi connectivity index (χ3v) is 3.17. The molecule has 1 aromatic heterocycles. The van der Waals surface area contributed by atoms with Crippen molar-refractivity contribution in [3.8, 4) is 0 Å². The lowest BCUT2D eigenvalue weighted by molar-refractivity contribution is 0.396. The first-order valence-corrected chi connectivity index (χ1v) is 6.09. The van der Waals surface area contributed by atoms with Gasteiger partial charge in [-0.2, -0.15) is 0 Å². The van der Waals surface area contributed by atoms with Crippen LogP contribution in [0.3, 0.4) is 0 Å². The number of hydrogen-bond acceptors (Lipinski definition) is 4. The molecule has 4 nitrogen and oxygen atoms in total. The fourth-order valence-corrected chi connectivity index (χ4v) is 2.23. The second-order valence-corrected chi connectivity index (χ2v) is 4.84. The highest BCUT2D eigenvalue weighted by Gasteiger charge is 2.19. The molecule has 6 heteroatoms. The van der Waals surface area contributed by atoms with Crippen molar-refractivity contribution in [1.82, 2.24) is 15.5 Å². The standard InChI is InChI=1S/C10H14Cl2N4/c1-6-4-7(2-3-13-6)14-8-5-9(11)15-16-10(8)12/h5-7,13H,2-4H2,1H3,(H,14,15). The molecule has 1 fully saturated rings. The van der Waals surface area contributed by atoms with E-state index < -0.39 is 0 Å². The second kappa shape index (κ2) is 5.17. The molecule has 0 spiro atoms. The van der Waals surface area contributed by atoms with Gasteiger partial charge < -0.3 is 10.6 Å². The third-order valence-electron chi connectivity index (χ3n) is 2.70. The maximum atomic E-state index is 5.94. The van der Waals surface area contributed by atoms with Crippen LogP contribution in [0.2, 0.25) is 10.3 Å². The molecule has 16 heavy (non-hydrogen) atoms. The van der Waals surface area contributed by atoms with Crippen LogP contribution in [0.5, 0.6) is 0 Å². The molecule has 0 aliphatic carbocycles. The van der Waals surface area contributed by atoms with Gasteiger partial charge in [0.15, 0.2) is 10.3 Å². The summed E-state index contributed by atoms with van der Waals surface area (Å²) >= 11 is 11.7. The topological polar surface area (TPSA) is 49.8 Å². The molecule has 1 aliphatic rings. The fourth-order valence-electron chi connectivity index (χ4n) is 1.94. The van der Waals surface area contributed by atoms with E-state index >= 15 is 0 Å². The first-order chi connectivity index (χ1) is 7.65. The van der Waals surface area contributed by atoms with E-state index in [4.69, 9.17) is 23.2 Å². The number of nitrogens with one attached hydrogen (secondary N) is 2. The van der Waals surface area contributed by atoms with E-state index in [0.717, 1.165) is 25.1 Å². The van der Waals surface area contributed by atoms with Crippen molar-refractivity contribution < 1.29 is 0 Å². The zero-order valence-corrected chi connectivity index (χ0v) is 10.5. The highest BCUT2D eigenvalue weighted by molar-refractivity contribution is 6.33. The number of aromatic nitrogens is 2. The Bertz CT molecular complexity index is 372. The lowest BCUT2D eigenvalue weighted by Crippen LogP contribution is -2.41. The van der Waals surface area contributed by atoms with Gasteiger partial charge in [0.2, 0.25) is 0 Å². The van der Waals surface area contributed by atoms with Crippen molar-refractivity contribution in [2.75, 3.05) is 11.9 Å². The van der Waals surface area contributed by atoms with E-state index in [1.807, 2.05) is 0 Å². The van der Waals surface area contributed by atoms with Crippen molar-refractivity contribution >= 4 is 28.9 Å². The molecule has 1 aliphatic heterocycles. The zero-order chi connectivity index (χ0) is 11.5. The van der Waals surface area contributed by atoms with Crippen molar-refractivity contribution in [1.29, 1.82) is 0 Å². The van der Waals surface area contributed by atoms with Crippen LogP contribution in [-0.2, 0) is 0 Å². The molecule has 2 N–H and O–H groups in total. The maximum Gasteiger partial charge on any atom is 0.174 e. The minimum absolute atomic E-state index is 0.355. The van der Waals surface area contributed by atoms with Gasteiger partial charge >= 0.3 is 0 Å². The van der Waals surface area contributed by atoms with Crippen LogP contribution in [0, 0.1) is 0 Å². The summed E-state index contributed by atoms with van der Waals surface area (Å²) in [5.41, 5.74) is 0.765. The molecular weight excluding hydrogens is 247 g/mol. The Labute approximate surface area is 105 Å². The summed E-state index contributed by atoms with van der Waals surface area (Å²) in [4.78, 5) is 0. The van der Waals surface area contributed by atoms with Gasteiger partial charge in [0.05, 0.1) is 5.69 Å². The molecule has 1 aromatic rings. The Morgan fingerprint density at radius 3 is 3.00 bits per heavy atom. The van der Waals surface area contributed by atoms with Crippen LogP contribution in [0.25, 0.3) is 0 Å². The highest BCUT2D eigenvalue weighted by Crippen LogP contribution is 2.23. The predicted octanol–water partition coefficient (Wildman–Crippen LogP) is 2.34. The second-order valence-electron chi connectivity index (χ2n) is 4.09. The van der Waals surface area contributed by atoms with Crippen LogP contribution in [-0.4, -0.2) is 28.8 Å². The van der Waals surface area contributed by atoms with Crippen molar-refractivity contribution in [2.24, 2.45) is 0 Å². The summed E-state index contributed by atoms with van der Waals surface area (Å²) in [7, 11) is 0. The first-order valence-electron chi connectivity index (χ1n) is 5.34. The van der Waals surface area contributed by atoms with Crippen molar-refractivity contribution in [3.63, 3.8) is 0 Å².